The van der Waals surface area contributed by atoms with Crippen molar-refractivity contribution in [2.75, 3.05) is 0 Å². The number of ketones is 1. The molecular formula is C5H5BrO. The van der Waals surface area contributed by atoms with Gasteiger partial charge in [-0.15, -0.1) is 5.73 Å². The first-order valence-electron chi connectivity index (χ1n) is 1.79. The van der Waals surface area contributed by atoms with Crippen LogP contribution in [-0.4, -0.2) is 5.78 Å². The maximum absolute atomic E-state index is 10.0. The van der Waals surface area contributed by atoms with Crippen molar-refractivity contribution < 1.29 is 4.79 Å². The van der Waals surface area contributed by atoms with E-state index in [2.05, 4.69) is 21.7 Å². The first-order chi connectivity index (χ1) is 3.27. The Morgan fingerprint density at radius 2 is 2.43 bits per heavy atom. The molecule has 0 aromatic heterocycles. The largest absolute Gasteiger partial charge is 0.294 e. The van der Waals surface area contributed by atoms with Crippen LogP contribution in [-0.2, 0) is 4.79 Å². The van der Waals surface area contributed by atoms with Gasteiger partial charge >= 0.3 is 0 Å². The van der Waals surface area contributed by atoms with Crippen LogP contribution in [0.4, 0.5) is 0 Å². The average Bonchev–Trinajstić information content (AvgIpc) is 1.61. The molecule has 0 fully saturated rings. The third-order valence-electron chi connectivity index (χ3n) is 0.350. The van der Waals surface area contributed by atoms with E-state index in [4.69, 9.17) is 0 Å². The molecule has 7 heavy (non-hydrogen) atoms. The van der Waals surface area contributed by atoms with Crippen LogP contribution in [0, 0.1) is 0 Å². The highest BCUT2D eigenvalue weighted by atomic mass is 79.9. The van der Waals surface area contributed by atoms with Crippen LogP contribution < -0.4 is 0 Å². The number of rotatable bonds is 1. The number of carbonyl (C=O) groups is 1. The Bertz CT molecular complexity index is 120. The number of carbonyl (C=O) groups excluding carboxylic acids is 1. The minimum absolute atomic E-state index is 0.00991. The van der Waals surface area contributed by atoms with Gasteiger partial charge in [0.1, 0.15) is 0 Å². The maximum Gasteiger partial charge on any atom is 0.160 e. The van der Waals surface area contributed by atoms with Crippen molar-refractivity contribution in [2.45, 2.75) is 6.92 Å². The summed E-state index contributed by atoms with van der Waals surface area (Å²) in [6, 6.07) is 0. The molecule has 38 valence electrons. The monoisotopic (exact) mass is 160 g/mol. The maximum atomic E-state index is 10.0. The van der Waals surface area contributed by atoms with Crippen LogP contribution >= 0.6 is 15.9 Å². The van der Waals surface area contributed by atoms with Crippen molar-refractivity contribution in [3.8, 4) is 0 Å². The smallest absolute Gasteiger partial charge is 0.160 e. The molecule has 0 saturated heterocycles. The van der Waals surface area contributed by atoms with E-state index in [0.29, 0.717) is 0 Å². The molecule has 0 aliphatic heterocycles. The summed E-state index contributed by atoms with van der Waals surface area (Å²) in [6.45, 7) is 1.48. The van der Waals surface area contributed by atoms with Gasteiger partial charge in [0, 0.05) is 11.1 Å². The molecule has 0 spiro atoms. The number of hydrogen-bond acceptors (Lipinski definition) is 1. The van der Waals surface area contributed by atoms with E-state index in [1.165, 1.54) is 18.0 Å². The lowest BCUT2D eigenvalue weighted by Crippen LogP contribution is -1.75. The first kappa shape index (κ1) is 6.67. The molecule has 0 aliphatic carbocycles. The second kappa shape index (κ2) is 3.85. The Morgan fingerprint density at radius 1 is 1.86 bits per heavy atom. The summed E-state index contributed by atoms with van der Waals surface area (Å²) in [7, 11) is 0. The predicted octanol–water partition coefficient (Wildman–Crippen LogP) is 1.64. The van der Waals surface area contributed by atoms with Crippen LogP contribution in [0.2, 0.25) is 0 Å². The van der Waals surface area contributed by atoms with E-state index >= 15 is 0 Å². The summed E-state index contributed by atoms with van der Waals surface area (Å²) < 4.78 is 0. The fraction of sp³-hybridized carbons (Fsp3) is 0.200. The third-order valence-corrected chi connectivity index (χ3v) is 0.614. The Hall–Kier alpha value is -0.330. The molecule has 0 unspecified atom stereocenters. The molecule has 0 aliphatic rings. The summed E-state index contributed by atoms with van der Waals surface area (Å²) in [4.78, 5) is 11.6. The van der Waals surface area contributed by atoms with Crippen molar-refractivity contribution in [1.82, 2.24) is 0 Å². The first-order valence-corrected chi connectivity index (χ1v) is 2.70. The Balaban J connectivity index is 3.70. The summed E-state index contributed by atoms with van der Waals surface area (Å²) in [5.41, 5.74) is 2.56. The highest BCUT2D eigenvalue weighted by Crippen LogP contribution is 1.77. The highest BCUT2D eigenvalue weighted by molar-refractivity contribution is 9.11. The molecule has 2 heteroatoms. The summed E-state index contributed by atoms with van der Waals surface area (Å²) in [5.74, 6) is 0.00991. The van der Waals surface area contributed by atoms with Crippen LogP contribution in [0.1, 0.15) is 6.92 Å². The van der Waals surface area contributed by atoms with Crippen molar-refractivity contribution in [3.05, 3.63) is 16.8 Å². The molecule has 1 nitrogen and oxygen atoms in total. The molecule has 0 rings (SSSR count). The van der Waals surface area contributed by atoms with Gasteiger partial charge in [-0.3, -0.25) is 4.79 Å². The van der Waals surface area contributed by atoms with Crippen molar-refractivity contribution in [1.29, 1.82) is 0 Å². The number of halogens is 1. The van der Waals surface area contributed by atoms with E-state index in [-0.39, 0.29) is 5.78 Å². The number of hydrogen-bond donors (Lipinski definition) is 0. The summed E-state index contributed by atoms with van der Waals surface area (Å²) in [6.07, 6.45) is 1.36. The number of allylic oxidation sites excluding steroid dienone is 1. The van der Waals surface area contributed by atoms with Crippen LogP contribution in [0.15, 0.2) is 16.8 Å². The topological polar surface area (TPSA) is 17.1 Å². The van der Waals surface area contributed by atoms with Gasteiger partial charge < -0.3 is 0 Å². The van der Waals surface area contributed by atoms with Gasteiger partial charge in [-0.2, -0.15) is 0 Å². The Kier molecular flexibility index (Phi) is 3.67. The molecule has 0 aromatic carbocycles. The second-order valence-corrected chi connectivity index (χ2v) is 1.49. The van der Waals surface area contributed by atoms with E-state index in [9.17, 15) is 4.79 Å². The van der Waals surface area contributed by atoms with E-state index in [1.54, 1.807) is 0 Å². The molecule has 0 saturated carbocycles. The zero-order valence-corrected chi connectivity index (χ0v) is 5.53. The van der Waals surface area contributed by atoms with Crippen molar-refractivity contribution in [2.24, 2.45) is 0 Å². The van der Waals surface area contributed by atoms with Gasteiger partial charge in [-0.25, -0.2) is 0 Å². The van der Waals surface area contributed by atoms with Gasteiger partial charge in [-0.1, -0.05) is 15.9 Å². The highest BCUT2D eigenvalue weighted by Gasteiger charge is 1.73. The third kappa shape index (κ3) is 5.67. The summed E-state index contributed by atoms with van der Waals surface area (Å²) >= 11 is 2.96. The molecule has 0 amide bonds. The lowest BCUT2D eigenvalue weighted by molar-refractivity contribution is -0.112. The Labute approximate surface area is 50.8 Å². The molecule has 0 heterocycles. The normalized spacial score (nSPS) is 6.57. The van der Waals surface area contributed by atoms with Gasteiger partial charge in [0.2, 0.25) is 0 Å². The molecule has 0 bridgehead atoms. The zero-order chi connectivity index (χ0) is 5.70. The van der Waals surface area contributed by atoms with Crippen LogP contribution in [0.25, 0.3) is 0 Å². The molecule has 0 N–H and O–H groups in total. The lowest BCUT2D eigenvalue weighted by Gasteiger charge is -1.65. The van der Waals surface area contributed by atoms with Gasteiger partial charge in [0.05, 0.1) is 0 Å². The molecule has 0 aromatic rings. The van der Waals surface area contributed by atoms with E-state index < -0.39 is 0 Å². The van der Waals surface area contributed by atoms with Crippen LogP contribution in [0.3, 0.4) is 0 Å². The van der Waals surface area contributed by atoms with E-state index in [1.807, 2.05) is 0 Å². The van der Waals surface area contributed by atoms with E-state index in [0.717, 1.165) is 0 Å². The van der Waals surface area contributed by atoms with Crippen molar-refractivity contribution in [3.63, 3.8) is 0 Å². The SMILES string of the molecule is CC(=O)C=C=CBr. The minimum Gasteiger partial charge on any atom is -0.294 e. The fourth-order valence-electron chi connectivity index (χ4n) is 0.149. The molecule has 0 radical (unpaired) electrons. The van der Waals surface area contributed by atoms with Gasteiger partial charge in [-0.05, 0) is 6.92 Å². The molecular weight excluding hydrogens is 156 g/mol. The fourth-order valence-corrected chi connectivity index (χ4v) is 0.281. The second-order valence-electron chi connectivity index (χ2n) is 1.03. The average molecular weight is 161 g/mol. The van der Waals surface area contributed by atoms with Gasteiger partial charge in [0.25, 0.3) is 0 Å². The Morgan fingerprint density at radius 3 is 2.57 bits per heavy atom. The van der Waals surface area contributed by atoms with Crippen LogP contribution in [0.5, 0.6) is 0 Å². The summed E-state index contributed by atoms with van der Waals surface area (Å²) in [5, 5.41) is 0. The van der Waals surface area contributed by atoms with Gasteiger partial charge in [0.15, 0.2) is 5.78 Å². The lowest BCUT2D eigenvalue weighted by atomic mass is 10.4. The zero-order valence-electron chi connectivity index (χ0n) is 3.94. The standard InChI is InChI=1S/C5H5BrO/c1-5(7)3-2-4-6/h3-4H,1H3. The minimum atomic E-state index is 0.00991. The van der Waals surface area contributed by atoms with Crippen molar-refractivity contribution >= 4 is 21.7 Å². The molecule has 0 atom stereocenters. The quantitative estimate of drug-likeness (QED) is 0.422. The predicted molar refractivity (Wildman–Crippen MR) is 32.3 cm³/mol.